The molecule has 1 aromatic carbocycles. The standard InChI is InChI=1S/C12H12ClN3/c1-9-12(15-7-6-14-9)16-11-5-3-2-4-10(11)8-13/h2-7H,8H2,1H3,(H,15,16). The lowest BCUT2D eigenvalue weighted by atomic mass is 10.2. The molecule has 0 radical (unpaired) electrons. The lowest BCUT2D eigenvalue weighted by Gasteiger charge is -2.10. The Bertz CT molecular complexity index is 485. The van der Waals surface area contributed by atoms with E-state index in [2.05, 4.69) is 15.3 Å². The second-order valence-electron chi connectivity index (χ2n) is 3.41. The van der Waals surface area contributed by atoms with Gasteiger partial charge in [0.15, 0.2) is 5.82 Å². The predicted molar refractivity (Wildman–Crippen MR) is 66.1 cm³/mol. The molecule has 0 unspecified atom stereocenters. The Labute approximate surface area is 99.5 Å². The van der Waals surface area contributed by atoms with Gasteiger partial charge in [-0.2, -0.15) is 0 Å². The molecule has 2 rings (SSSR count). The van der Waals surface area contributed by atoms with Gasteiger partial charge in [-0.25, -0.2) is 4.98 Å². The normalized spacial score (nSPS) is 10.1. The minimum Gasteiger partial charge on any atom is -0.338 e. The number of rotatable bonds is 3. The Morgan fingerprint density at radius 2 is 1.94 bits per heavy atom. The van der Waals surface area contributed by atoms with Crippen LogP contribution in [0.3, 0.4) is 0 Å². The van der Waals surface area contributed by atoms with E-state index >= 15 is 0 Å². The molecule has 3 nitrogen and oxygen atoms in total. The Hall–Kier alpha value is -1.61. The van der Waals surface area contributed by atoms with Crippen LogP contribution < -0.4 is 5.32 Å². The summed E-state index contributed by atoms with van der Waals surface area (Å²) in [6, 6.07) is 7.89. The third-order valence-electron chi connectivity index (χ3n) is 2.30. The molecule has 1 N–H and O–H groups in total. The van der Waals surface area contributed by atoms with Crippen molar-refractivity contribution in [2.24, 2.45) is 0 Å². The molecule has 16 heavy (non-hydrogen) atoms. The van der Waals surface area contributed by atoms with E-state index in [0.717, 1.165) is 22.8 Å². The van der Waals surface area contributed by atoms with Crippen LogP contribution in [0.15, 0.2) is 36.7 Å². The lowest BCUT2D eigenvalue weighted by Crippen LogP contribution is -1.99. The smallest absolute Gasteiger partial charge is 0.151 e. The van der Waals surface area contributed by atoms with Gasteiger partial charge in [0.2, 0.25) is 0 Å². The van der Waals surface area contributed by atoms with E-state index in [9.17, 15) is 0 Å². The lowest BCUT2D eigenvalue weighted by molar-refractivity contribution is 1.12. The van der Waals surface area contributed by atoms with Crippen molar-refractivity contribution in [3.63, 3.8) is 0 Å². The van der Waals surface area contributed by atoms with Gasteiger partial charge in [-0.05, 0) is 18.6 Å². The van der Waals surface area contributed by atoms with E-state index in [1.54, 1.807) is 12.4 Å². The van der Waals surface area contributed by atoms with E-state index in [0.29, 0.717) is 5.88 Å². The number of nitrogens with zero attached hydrogens (tertiary/aromatic N) is 2. The first kappa shape index (κ1) is 10.9. The van der Waals surface area contributed by atoms with Crippen molar-refractivity contribution in [1.82, 2.24) is 9.97 Å². The molecule has 82 valence electrons. The highest BCUT2D eigenvalue weighted by atomic mass is 35.5. The van der Waals surface area contributed by atoms with Crippen molar-refractivity contribution >= 4 is 23.1 Å². The molecule has 0 aliphatic carbocycles. The van der Waals surface area contributed by atoms with Gasteiger partial charge >= 0.3 is 0 Å². The number of hydrogen-bond donors (Lipinski definition) is 1. The fourth-order valence-electron chi connectivity index (χ4n) is 1.42. The van der Waals surface area contributed by atoms with Crippen LogP contribution in [0.1, 0.15) is 11.3 Å². The minimum absolute atomic E-state index is 0.475. The number of anilines is 2. The van der Waals surface area contributed by atoms with Crippen molar-refractivity contribution in [1.29, 1.82) is 0 Å². The average molecular weight is 234 g/mol. The van der Waals surface area contributed by atoms with Gasteiger partial charge in [0.1, 0.15) is 0 Å². The summed E-state index contributed by atoms with van der Waals surface area (Å²) in [6.45, 7) is 1.92. The molecule has 1 heterocycles. The van der Waals surface area contributed by atoms with Gasteiger partial charge in [-0.15, -0.1) is 11.6 Å². The molecule has 0 atom stereocenters. The molecule has 2 aromatic rings. The number of nitrogens with one attached hydrogen (secondary N) is 1. The largest absolute Gasteiger partial charge is 0.338 e. The first-order valence-electron chi connectivity index (χ1n) is 5.00. The molecule has 0 bridgehead atoms. The summed E-state index contributed by atoms with van der Waals surface area (Å²) < 4.78 is 0. The van der Waals surface area contributed by atoms with E-state index in [1.165, 1.54) is 0 Å². The van der Waals surface area contributed by atoms with Crippen molar-refractivity contribution in [2.45, 2.75) is 12.8 Å². The summed E-state index contributed by atoms with van der Waals surface area (Å²) in [5.41, 5.74) is 2.89. The first-order valence-corrected chi connectivity index (χ1v) is 5.53. The molecule has 0 saturated carbocycles. The van der Waals surface area contributed by atoms with Gasteiger partial charge in [-0.3, -0.25) is 4.98 Å². The molecule has 0 amide bonds. The van der Waals surface area contributed by atoms with Crippen molar-refractivity contribution < 1.29 is 0 Å². The number of alkyl halides is 1. The summed E-state index contributed by atoms with van der Waals surface area (Å²) in [5.74, 6) is 1.24. The van der Waals surface area contributed by atoms with Crippen LogP contribution in [0.25, 0.3) is 0 Å². The van der Waals surface area contributed by atoms with Gasteiger partial charge in [0.25, 0.3) is 0 Å². The SMILES string of the molecule is Cc1nccnc1Nc1ccccc1CCl. The highest BCUT2D eigenvalue weighted by Gasteiger charge is 2.03. The zero-order valence-corrected chi connectivity index (χ0v) is 9.70. The maximum atomic E-state index is 5.86. The van der Waals surface area contributed by atoms with Crippen molar-refractivity contribution in [2.75, 3.05) is 5.32 Å². The second-order valence-corrected chi connectivity index (χ2v) is 3.67. The number of benzene rings is 1. The summed E-state index contributed by atoms with van der Waals surface area (Å²) in [5, 5.41) is 3.23. The molecular formula is C12H12ClN3. The van der Waals surface area contributed by atoms with Crippen LogP contribution in [0.5, 0.6) is 0 Å². The quantitative estimate of drug-likeness (QED) is 0.827. The predicted octanol–water partition coefficient (Wildman–Crippen LogP) is 3.27. The van der Waals surface area contributed by atoms with E-state index in [4.69, 9.17) is 11.6 Å². The molecule has 0 saturated heterocycles. The van der Waals surface area contributed by atoms with Gasteiger partial charge in [0, 0.05) is 24.0 Å². The molecule has 0 aliphatic heterocycles. The summed E-state index contributed by atoms with van der Waals surface area (Å²) in [7, 11) is 0. The van der Waals surface area contributed by atoms with Crippen LogP contribution in [0, 0.1) is 6.92 Å². The third kappa shape index (κ3) is 2.31. The summed E-state index contributed by atoms with van der Waals surface area (Å²) in [6.07, 6.45) is 3.34. The minimum atomic E-state index is 0.475. The highest BCUT2D eigenvalue weighted by Crippen LogP contribution is 2.21. The molecule has 4 heteroatoms. The van der Waals surface area contributed by atoms with E-state index < -0.39 is 0 Å². The van der Waals surface area contributed by atoms with Crippen LogP contribution in [0.4, 0.5) is 11.5 Å². The molecule has 1 aromatic heterocycles. The van der Waals surface area contributed by atoms with Crippen LogP contribution >= 0.6 is 11.6 Å². The van der Waals surface area contributed by atoms with Gasteiger partial charge in [-0.1, -0.05) is 18.2 Å². The first-order chi connectivity index (χ1) is 7.81. The van der Waals surface area contributed by atoms with Crippen LogP contribution in [-0.4, -0.2) is 9.97 Å². The fraction of sp³-hybridized carbons (Fsp3) is 0.167. The van der Waals surface area contributed by atoms with Gasteiger partial charge in [0.05, 0.1) is 5.69 Å². The molecule has 0 spiro atoms. The fourth-order valence-corrected chi connectivity index (χ4v) is 1.65. The zero-order chi connectivity index (χ0) is 11.4. The third-order valence-corrected chi connectivity index (χ3v) is 2.58. The van der Waals surface area contributed by atoms with E-state index in [1.807, 2.05) is 31.2 Å². The van der Waals surface area contributed by atoms with E-state index in [-0.39, 0.29) is 0 Å². The van der Waals surface area contributed by atoms with Crippen LogP contribution in [0.2, 0.25) is 0 Å². The second kappa shape index (κ2) is 4.94. The highest BCUT2D eigenvalue weighted by molar-refractivity contribution is 6.17. The Balaban J connectivity index is 2.30. The number of para-hydroxylation sites is 1. The van der Waals surface area contributed by atoms with Crippen LogP contribution in [-0.2, 0) is 5.88 Å². The molecule has 0 aliphatic rings. The average Bonchev–Trinajstić information content (AvgIpc) is 2.33. The topological polar surface area (TPSA) is 37.8 Å². The van der Waals surface area contributed by atoms with Crippen molar-refractivity contribution in [3.05, 3.63) is 47.9 Å². The molecular weight excluding hydrogens is 222 g/mol. The van der Waals surface area contributed by atoms with Gasteiger partial charge < -0.3 is 5.32 Å². The number of aryl methyl sites for hydroxylation is 1. The maximum absolute atomic E-state index is 5.86. The molecule has 0 fully saturated rings. The Kier molecular flexibility index (Phi) is 3.37. The monoisotopic (exact) mass is 233 g/mol. The number of hydrogen-bond acceptors (Lipinski definition) is 3. The Morgan fingerprint density at radius 3 is 2.69 bits per heavy atom. The van der Waals surface area contributed by atoms with Crippen molar-refractivity contribution in [3.8, 4) is 0 Å². The Morgan fingerprint density at radius 1 is 1.19 bits per heavy atom. The summed E-state index contributed by atoms with van der Waals surface area (Å²) in [4.78, 5) is 8.41. The number of halogens is 1. The zero-order valence-electron chi connectivity index (χ0n) is 8.94. The maximum Gasteiger partial charge on any atom is 0.151 e. The summed E-state index contributed by atoms with van der Waals surface area (Å²) >= 11 is 5.86. The number of aromatic nitrogens is 2.